The molecule has 0 saturated heterocycles. The molecule has 1 amide bonds. The van der Waals surface area contributed by atoms with Gasteiger partial charge in [0.25, 0.3) is 5.91 Å². The first kappa shape index (κ1) is 20.0. The molecule has 1 atom stereocenters. The van der Waals surface area contributed by atoms with E-state index in [4.69, 9.17) is 4.52 Å². The van der Waals surface area contributed by atoms with Gasteiger partial charge in [0.1, 0.15) is 11.1 Å². The molecular formula is C25H25N3O2S. The van der Waals surface area contributed by atoms with Gasteiger partial charge in [-0.1, -0.05) is 50.2 Å². The van der Waals surface area contributed by atoms with Gasteiger partial charge in [-0.05, 0) is 54.6 Å². The van der Waals surface area contributed by atoms with Crippen LogP contribution in [-0.4, -0.2) is 11.1 Å². The third-order valence-electron chi connectivity index (χ3n) is 6.74. The molecule has 0 saturated carbocycles. The molecule has 0 aliphatic heterocycles. The number of benzene rings is 1. The summed E-state index contributed by atoms with van der Waals surface area (Å²) in [5, 5.41) is 17.5. The highest BCUT2D eigenvalue weighted by Crippen LogP contribution is 2.44. The Hall–Kier alpha value is -2.91. The van der Waals surface area contributed by atoms with E-state index in [9.17, 15) is 10.1 Å². The molecule has 1 aromatic carbocycles. The van der Waals surface area contributed by atoms with E-state index in [1.165, 1.54) is 10.4 Å². The molecule has 2 aromatic heterocycles. The Morgan fingerprint density at radius 2 is 2.03 bits per heavy atom. The number of carbonyl (C=O) groups excluding carboxylic acids is 1. The van der Waals surface area contributed by atoms with E-state index in [2.05, 4.69) is 43.4 Å². The van der Waals surface area contributed by atoms with Crippen LogP contribution in [0.2, 0.25) is 0 Å². The zero-order chi connectivity index (χ0) is 21.8. The topological polar surface area (TPSA) is 78.9 Å². The highest BCUT2D eigenvalue weighted by molar-refractivity contribution is 7.16. The molecule has 1 unspecified atom stereocenters. The number of anilines is 1. The average molecular weight is 432 g/mol. The third kappa shape index (κ3) is 3.37. The summed E-state index contributed by atoms with van der Waals surface area (Å²) in [5.74, 6) is 0.967. The lowest BCUT2D eigenvalue weighted by Gasteiger charge is -2.33. The number of aromatic nitrogens is 1. The summed E-state index contributed by atoms with van der Waals surface area (Å²) in [6.07, 6.45) is 4.51. The van der Waals surface area contributed by atoms with Gasteiger partial charge in [-0.3, -0.25) is 4.79 Å². The Morgan fingerprint density at radius 1 is 1.23 bits per heavy atom. The zero-order valence-electron chi connectivity index (χ0n) is 18.0. The summed E-state index contributed by atoms with van der Waals surface area (Å²) in [4.78, 5) is 14.4. The molecule has 5 rings (SSSR count). The molecule has 1 N–H and O–H groups in total. The maximum Gasteiger partial charge on any atom is 0.278 e. The number of aryl methyl sites for hydroxylation is 1. The lowest BCUT2D eigenvalue weighted by atomic mass is 9.72. The number of nitrogens with one attached hydrogen (secondary N) is 1. The van der Waals surface area contributed by atoms with E-state index in [1.807, 2.05) is 18.2 Å². The maximum absolute atomic E-state index is 13.1. The molecule has 2 aliphatic rings. The zero-order valence-corrected chi connectivity index (χ0v) is 18.9. The summed E-state index contributed by atoms with van der Waals surface area (Å²) >= 11 is 1.55. The molecule has 2 aliphatic carbocycles. The van der Waals surface area contributed by atoms with Gasteiger partial charge in [0.2, 0.25) is 0 Å². The molecule has 0 fully saturated rings. The van der Waals surface area contributed by atoms with Gasteiger partial charge in [-0.15, -0.1) is 11.3 Å². The van der Waals surface area contributed by atoms with E-state index in [0.29, 0.717) is 27.9 Å². The standard InChI is InChI=1S/C25H25N3O2S/c1-25(2,3)15-9-11-17-19(13-26)24(31-20(17)12-15)27-23(29)21-18-10-8-14-6-4-5-7-16(14)22(18)30-28-21/h4-7,15H,8-12H2,1-3H3,(H,27,29). The molecule has 5 nitrogen and oxygen atoms in total. The van der Waals surface area contributed by atoms with E-state index in [1.54, 1.807) is 11.3 Å². The fourth-order valence-electron chi connectivity index (χ4n) is 4.84. The highest BCUT2D eigenvalue weighted by Gasteiger charge is 2.33. The van der Waals surface area contributed by atoms with Crippen LogP contribution in [0.3, 0.4) is 0 Å². The quantitative estimate of drug-likeness (QED) is 0.558. The largest absolute Gasteiger partial charge is 0.355 e. The molecular weight excluding hydrogens is 406 g/mol. The number of carbonyl (C=O) groups is 1. The van der Waals surface area contributed by atoms with Crippen molar-refractivity contribution in [1.82, 2.24) is 5.16 Å². The Bertz CT molecular complexity index is 1220. The summed E-state index contributed by atoms with van der Waals surface area (Å²) in [6.45, 7) is 6.82. The van der Waals surface area contributed by atoms with Gasteiger partial charge in [0.05, 0.1) is 5.56 Å². The van der Waals surface area contributed by atoms with Crippen molar-refractivity contribution in [2.24, 2.45) is 11.3 Å². The van der Waals surface area contributed by atoms with Gasteiger partial charge < -0.3 is 9.84 Å². The van der Waals surface area contributed by atoms with Crippen molar-refractivity contribution in [3.63, 3.8) is 0 Å². The van der Waals surface area contributed by atoms with Crippen LogP contribution in [-0.2, 0) is 25.7 Å². The fraction of sp³-hybridized carbons (Fsp3) is 0.400. The lowest BCUT2D eigenvalue weighted by Crippen LogP contribution is -2.26. The van der Waals surface area contributed by atoms with Crippen LogP contribution < -0.4 is 5.32 Å². The number of nitrogens with zero attached hydrogens (tertiary/aromatic N) is 2. The van der Waals surface area contributed by atoms with Crippen molar-refractivity contribution in [3.05, 3.63) is 57.1 Å². The van der Waals surface area contributed by atoms with Crippen LogP contribution in [0.4, 0.5) is 5.00 Å². The Balaban J connectivity index is 1.44. The van der Waals surface area contributed by atoms with Crippen molar-refractivity contribution in [2.45, 2.75) is 52.9 Å². The van der Waals surface area contributed by atoms with Gasteiger partial charge in [-0.2, -0.15) is 5.26 Å². The molecule has 0 radical (unpaired) electrons. The van der Waals surface area contributed by atoms with Crippen LogP contribution in [0.25, 0.3) is 11.3 Å². The van der Waals surface area contributed by atoms with Crippen LogP contribution in [0.5, 0.6) is 0 Å². The smallest absolute Gasteiger partial charge is 0.278 e. The van der Waals surface area contributed by atoms with Crippen molar-refractivity contribution in [3.8, 4) is 17.4 Å². The number of hydrogen-bond donors (Lipinski definition) is 1. The number of nitriles is 1. The van der Waals surface area contributed by atoms with E-state index in [-0.39, 0.29) is 11.3 Å². The second-order valence-electron chi connectivity index (χ2n) is 9.58. The second-order valence-corrected chi connectivity index (χ2v) is 10.7. The van der Waals surface area contributed by atoms with Gasteiger partial charge in [0.15, 0.2) is 11.5 Å². The first-order chi connectivity index (χ1) is 14.9. The normalized spacial score (nSPS) is 17.3. The van der Waals surface area contributed by atoms with Crippen molar-refractivity contribution in [2.75, 3.05) is 5.32 Å². The van der Waals surface area contributed by atoms with Crippen molar-refractivity contribution >= 4 is 22.2 Å². The van der Waals surface area contributed by atoms with Crippen LogP contribution in [0.1, 0.15) is 64.8 Å². The Morgan fingerprint density at radius 3 is 2.81 bits per heavy atom. The van der Waals surface area contributed by atoms with Crippen LogP contribution in [0.15, 0.2) is 28.8 Å². The molecule has 0 bridgehead atoms. The predicted octanol–water partition coefficient (Wildman–Crippen LogP) is 5.78. The predicted molar refractivity (Wildman–Crippen MR) is 121 cm³/mol. The number of amides is 1. The average Bonchev–Trinajstić information content (AvgIpc) is 3.33. The molecule has 31 heavy (non-hydrogen) atoms. The van der Waals surface area contributed by atoms with Crippen LogP contribution in [0, 0.1) is 22.7 Å². The fourth-order valence-corrected chi connectivity index (χ4v) is 6.12. The van der Waals surface area contributed by atoms with Crippen molar-refractivity contribution in [1.29, 1.82) is 5.26 Å². The first-order valence-corrected chi connectivity index (χ1v) is 11.6. The Labute approximate surface area is 186 Å². The van der Waals surface area contributed by atoms with E-state index >= 15 is 0 Å². The van der Waals surface area contributed by atoms with Gasteiger partial charge >= 0.3 is 0 Å². The Kier molecular flexibility index (Phi) is 4.75. The summed E-state index contributed by atoms with van der Waals surface area (Å²) in [7, 11) is 0. The van der Waals surface area contributed by atoms with E-state index in [0.717, 1.165) is 48.8 Å². The van der Waals surface area contributed by atoms with Gasteiger partial charge in [-0.25, -0.2) is 0 Å². The highest BCUT2D eigenvalue weighted by atomic mass is 32.1. The number of hydrogen-bond acceptors (Lipinski definition) is 5. The number of thiophene rings is 1. The third-order valence-corrected chi connectivity index (χ3v) is 7.91. The SMILES string of the molecule is CC(C)(C)C1CCc2c(sc(NC(=O)c3noc4c3CCc3ccccc3-4)c2C#N)C1. The molecule has 0 spiro atoms. The minimum Gasteiger partial charge on any atom is -0.355 e. The molecule has 3 aromatic rings. The monoisotopic (exact) mass is 431 g/mol. The first-order valence-electron chi connectivity index (χ1n) is 10.8. The minimum absolute atomic E-state index is 0.230. The van der Waals surface area contributed by atoms with Crippen LogP contribution >= 0.6 is 11.3 Å². The maximum atomic E-state index is 13.1. The molecule has 2 heterocycles. The number of rotatable bonds is 2. The summed E-state index contributed by atoms with van der Waals surface area (Å²) in [5.41, 5.74) is 5.35. The minimum atomic E-state index is -0.299. The number of fused-ring (bicyclic) bond motifs is 4. The summed E-state index contributed by atoms with van der Waals surface area (Å²) < 4.78 is 5.59. The van der Waals surface area contributed by atoms with Gasteiger partial charge in [0, 0.05) is 16.0 Å². The molecule has 6 heteroatoms. The lowest BCUT2D eigenvalue weighted by molar-refractivity contribution is 0.101. The molecule has 158 valence electrons. The van der Waals surface area contributed by atoms with Crippen molar-refractivity contribution < 1.29 is 9.32 Å². The second kappa shape index (κ2) is 7.35. The summed E-state index contributed by atoms with van der Waals surface area (Å²) in [6, 6.07) is 10.4. The van der Waals surface area contributed by atoms with E-state index < -0.39 is 0 Å².